The topological polar surface area (TPSA) is 18.5 Å². The highest BCUT2D eigenvalue weighted by molar-refractivity contribution is 6.47. The average molecular weight is 247 g/mol. The quantitative estimate of drug-likeness (QED) is 0.588. The van der Waals surface area contributed by atoms with Crippen molar-refractivity contribution in [2.75, 3.05) is 13.2 Å². The molecule has 0 aliphatic rings. The molecule has 1 unspecified atom stereocenters. The highest BCUT2D eigenvalue weighted by Crippen LogP contribution is 2.10. The van der Waals surface area contributed by atoms with Gasteiger partial charge in [0, 0.05) is 18.8 Å². The molecule has 1 aromatic carbocycles. The summed E-state index contributed by atoms with van der Waals surface area (Å²) in [6.45, 7) is 7.41. The predicted octanol–water partition coefficient (Wildman–Crippen LogP) is 2.99. The Balaban J connectivity index is 2.63. The Bertz CT molecular complexity index is 361. The van der Waals surface area contributed by atoms with E-state index in [2.05, 4.69) is 18.8 Å². The number of hydrogen-bond donors (Lipinski definition) is 0. The molecule has 0 heterocycles. The van der Waals surface area contributed by atoms with Crippen molar-refractivity contribution >= 4 is 9.28 Å². The third kappa shape index (κ3) is 5.18. The first-order chi connectivity index (χ1) is 8.27. The highest BCUT2D eigenvalue weighted by atomic mass is 28.3. The zero-order valence-corrected chi connectivity index (χ0v) is 11.7. The maximum absolute atomic E-state index is 5.61. The molecule has 2 nitrogen and oxygen atoms in total. The molecule has 0 aliphatic heterocycles. The summed E-state index contributed by atoms with van der Waals surface area (Å²) in [5, 5.41) is 0. The van der Waals surface area contributed by atoms with Crippen molar-refractivity contribution in [2.24, 2.45) is 0 Å². The average Bonchev–Trinajstić information content (AvgIpc) is 2.37. The van der Waals surface area contributed by atoms with Crippen LogP contribution >= 0.6 is 0 Å². The van der Waals surface area contributed by atoms with E-state index >= 15 is 0 Å². The van der Waals surface area contributed by atoms with Crippen molar-refractivity contribution in [3.05, 3.63) is 35.9 Å². The molecule has 1 rings (SSSR count). The fourth-order valence-electron chi connectivity index (χ4n) is 1.35. The minimum Gasteiger partial charge on any atom is -0.393 e. The van der Waals surface area contributed by atoms with Gasteiger partial charge in [0.05, 0.1) is 5.54 Å². The van der Waals surface area contributed by atoms with E-state index in [-0.39, 0.29) is 5.54 Å². The van der Waals surface area contributed by atoms with Gasteiger partial charge in [-0.25, -0.2) is 0 Å². The summed E-state index contributed by atoms with van der Waals surface area (Å²) < 4.78 is 11.2. The zero-order chi connectivity index (χ0) is 12.5. The number of rotatable bonds is 5. The first kappa shape index (κ1) is 14.0. The van der Waals surface area contributed by atoms with E-state index in [0.29, 0.717) is 13.2 Å². The molecular weight excluding hydrogens is 228 g/mol. The van der Waals surface area contributed by atoms with E-state index in [1.165, 1.54) is 0 Å². The van der Waals surface area contributed by atoms with Gasteiger partial charge in [-0.2, -0.15) is 0 Å². The molecular formula is C14H19O2Si. The fraction of sp³-hybridized carbons (Fsp3) is 0.429. The molecule has 0 spiro atoms. The Kier molecular flexibility index (Phi) is 6.64. The van der Waals surface area contributed by atoms with E-state index in [9.17, 15) is 0 Å². The normalized spacial score (nSPS) is 12.0. The Hall–Kier alpha value is -1.08. The molecule has 3 heteroatoms. The van der Waals surface area contributed by atoms with Crippen molar-refractivity contribution in [1.29, 1.82) is 0 Å². The van der Waals surface area contributed by atoms with Crippen LogP contribution in [-0.4, -0.2) is 22.5 Å². The van der Waals surface area contributed by atoms with Crippen LogP contribution in [0.1, 0.15) is 26.3 Å². The van der Waals surface area contributed by atoms with Crippen LogP contribution < -0.4 is 0 Å². The van der Waals surface area contributed by atoms with Crippen molar-refractivity contribution < 1.29 is 8.85 Å². The third-order valence-electron chi connectivity index (χ3n) is 2.13. The minimum absolute atomic E-state index is 0.167. The molecule has 0 bridgehead atoms. The molecule has 17 heavy (non-hydrogen) atoms. The molecule has 91 valence electrons. The van der Waals surface area contributed by atoms with E-state index in [1.807, 2.05) is 44.2 Å². The molecule has 0 saturated heterocycles. The van der Waals surface area contributed by atoms with Gasteiger partial charge >= 0.3 is 9.28 Å². The van der Waals surface area contributed by atoms with Gasteiger partial charge in [-0.15, -0.1) is 0 Å². The summed E-state index contributed by atoms with van der Waals surface area (Å²) in [6.07, 6.45) is 0. The second-order valence-electron chi connectivity index (χ2n) is 3.54. The van der Waals surface area contributed by atoms with Crippen molar-refractivity contribution in [1.82, 2.24) is 0 Å². The van der Waals surface area contributed by atoms with E-state index < -0.39 is 9.28 Å². The molecule has 0 aromatic heterocycles. The lowest BCUT2D eigenvalue weighted by atomic mass is 10.2. The van der Waals surface area contributed by atoms with Gasteiger partial charge in [-0.1, -0.05) is 30.0 Å². The standard InChI is InChI=1S/C14H19O2Si/c1-4-15-17(16-5-2)13(3)11-12-14-9-7-6-8-10-14/h6-10,13H,4-5H2,1-3H3. The van der Waals surface area contributed by atoms with Gasteiger partial charge in [0.1, 0.15) is 0 Å². The van der Waals surface area contributed by atoms with Crippen LogP contribution in [0.5, 0.6) is 0 Å². The molecule has 1 radical (unpaired) electrons. The van der Waals surface area contributed by atoms with Crippen LogP contribution in [0, 0.1) is 11.8 Å². The first-order valence-electron chi connectivity index (χ1n) is 5.97. The Labute approximate surface area is 106 Å². The Morgan fingerprint density at radius 1 is 1.12 bits per heavy atom. The van der Waals surface area contributed by atoms with Crippen LogP contribution in [-0.2, 0) is 8.85 Å². The SMILES string of the molecule is CCO[Si](OCC)C(C)C#Cc1ccccc1. The summed E-state index contributed by atoms with van der Waals surface area (Å²) in [7, 11) is -1.27. The largest absolute Gasteiger partial charge is 0.400 e. The van der Waals surface area contributed by atoms with Gasteiger partial charge in [-0.05, 0) is 32.9 Å². The first-order valence-corrected chi connectivity index (χ1v) is 7.36. The van der Waals surface area contributed by atoms with Crippen LogP contribution in [0.3, 0.4) is 0 Å². The summed E-state index contributed by atoms with van der Waals surface area (Å²) in [5.41, 5.74) is 1.20. The lowest BCUT2D eigenvalue weighted by Crippen LogP contribution is -2.27. The predicted molar refractivity (Wildman–Crippen MR) is 71.8 cm³/mol. The third-order valence-corrected chi connectivity index (χ3v) is 4.13. The summed E-state index contributed by atoms with van der Waals surface area (Å²) in [6, 6.07) is 9.99. The van der Waals surface area contributed by atoms with Crippen molar-refractivity contribution in [3.63, 3.8) is 0 Å². The lowest BCUT2D eigenvalue weighted by Gasteiger charge is -2.15. The monoisotopic (exact) mass is 247 g/mol. The highest BCUT2D eigenvalue weighted by Gasteiger charge is 2.21. The van der Waals surface area contributed by atoms with Crippen LogP contribution in [0.2, 0.25) is 5.54 Å². The zero-order valence-electron chi connectivity index (χ0n) is 10.7. The second-order valence-corrected chi connectivity index (χ2v) is 5.62. The summed E-state index contributed by atoms with van der Waals surface area (Å²) >= 11 is 0. The van der Waals surface area contributed by atoms with Gasteiger partial charge in [0.2, 0.25) is 0 Å². The lowest BCUT2D eigenvalue weighted by molar-refractivity contribution is 0.210. The maximum atomic E-state index is 5.61. The minimum atomic E-state index is -1.27. The fourth-order valence-corrected chi connectivity index (χ4v) is 2.69. The molecule has 0 amide bonds. The summed E-state index contributed by atoms with van der Waals surface area (Å²) in [5.74, 6) is 6.37. The van der Waals surface area contributed by atoms with Crippen molar-refractivity contribution in [2.45, 2.75) is 26.3 Å². The molecule has 1 aromatic rings. The number of hydrogen-bond acceptors (Lipinski definition) is 2. The van der Waals surface area contributed by atoms with Crippen LogP contribution in [0.4, 0.5) is 0 Å². The van der Waals surface area contributed by atoms with E-state index in [1.54, 1.807) is 0 Å². The van der Waals surface area contributed by atoms with Crippen molar-refractivity contribution in [3.8, 4) is 11.8 Å². The maximum Gasteiger partial charge on any atom is 0.400 e. The van der Waals surface area contributed by atoms with Gasteiger partial charge in [0.15, 0.2) is 0 Å². The second kappa shape index (κ2) is 8.07. The van der Waals surface area contributed by atoms with Gasteiger partial charge in [-0.3, -0.25) is 0 Å². The smallest absolute Gasteiger partial charge is 0.393 e. The molecule has 0 aliphatic carbocycles. The molecule has 0 fully saturated rings. The molecule has 0 N–H and O–H groups in total. The summed E-state index contributed by atoms with van der Waals surface area (Å²) in [4.78, 5) is 0. The van der Waals surface area contributed by atoms with E-state index in [0.717, 1.165) is 5.56 Å². The Morgan fingerprint density at radius 2 is 1.71 bits per heavy atom. The van der Waals surface area contributed by atoms with E-state index in [4.69, 9.17) is 8.85 Å². The Morgan fingerprint density at radius 3 is 2.24 bits per heavy atom. The van der Waals surface area contributed by atoms with Crippen LogP contribution in [0.15, 0.2) is 30.3 Å². The van der Waals surface area contributed by atoms with Crippen LogP contribution in [0.25, 0.3) is 0 Å². The molecule has 1 atom stereocenters. The van der Waals surface area contributed by atoms with Gasteiger partial charge in [0.25, 0.3) is 0 Å². The molecule has 0 saturated carbocycles. The number of benzene rings is 1. The van der Waals surface area contributed by atoms with Gasteiger partial charge < -0.3 is 8.85 Å².